The quantitative estimate of drug-likeness (QED) is 0.341. The number of rotatable bonds is 6. The third kappa shape index (κ3) is 5.30. The standard InChI is InChI=1S/C21H25F4N3O2S/c22-14-9-26-10-16(14)28-15-5-3-4-12-13(8-21(23,24)25)19(31-20(12)15)11-27-30-18-7-2-1-6-17(18)29/h3-5,11,14,16-18,26,28-29H,1-2,6-10H2/b27-11+/t14-,16+,17?,18?/m0/s1. The second-order valence-corrected chi connectivity index (χ2v) is 9.13. The molecule has 2 fully saturated rings. The Balaban J connectivity index is 1.63. The fourth-order valence-corrected chi connectivity index (χ4v) is 5.29. The summed E-state index contributed by atoms with van der Waals surface area (Å²) in [4.78, 5) is 5.74. The van der Waals surface area contributed by atoms with Gasteiger partial charge in [-0.3, -0.25) is 0 Å². The minimum atomic E-state index is -4.39. The van der Waals surface area contributed by atoms with Gasteiger partial charge in [-0.1, -0.05) is 23.7 Å². The Morgan fingerprint density at radius 2 is 2.06 bits per heavy atom. The average molecular weight is 460 g/mol. The number of fused-ring (bicyclic) bond motifs is 1. The smallest absolute Gasteiger partial charge is 0.390 e. The number of halogens is 4. The molecule has 5 nitrogen and oxygen atoms in total. The zero-order valence-corrected chi connectivity index (χ0v) is 17.6. The Morgan fingerprint density at radius 3 is 2.77 bits per heavy atom. The summed E-state index contributed by atoms with van der Waals surface area (Å²) in [5, 5.41) is 20.5. The van der Waals surface area contributed by atoms with E-state index in [1.54, 1.807) is 18.2 Å². The van der Waals surface area contributed by atoms with Crippen molar-refractivity contribution in [2.75, 3.05) is 18.4 Å². The van der Waals surface area contributed by atoms with Crippen LogP contribution in [-0.4, -0.2) is 55.0 Å². The normalized spacial score (nSPS) is 27.3. The number of nitrogens with zero attached hydrogens (tertiary/aromatic N) is 1. The number of oxime groups is 1. The van der Waals surface area contributed by atoms with Gasteiger partial charge in [-0.05, 0) is 36.3 Å². The molecule has 1 aliphatic heterocycles. The second kappa shape index (κ2) is 9.30. The van der Waals surface area contributed by atoms with Crippen molar-refractivity contribution in [1.82, 2.24) is 5.32 Å². The molecule has 2 aromatic rings. The fraction of sp³-hybridized carbons (Fsp3) is 0.571. The van der Waals surface area contributed by atoms with Crippen LogP contribution >= 0.6 is 11.3 Å². The molecule has 1 aromatic carbocycles. The summed E-state index contributed by atoms with van der Waals surface area (Å²) >= 11 is 1.17. The number of nitrogens with one attached hydrogen (secondary N) is 2. The van der Waals surface area contributed by atoms with E-state index in [4.69, 9.17) is 4.84 Å². The molecule has 0 radical (unpaired) electrons. The predicted molar refractivity (Wildman–Crippen MR) is 114 cm³/mol. The van der Waals surface area contributed by atoms with E-state index < -0.39 is 37.0 Å². The summed E-state index contributed by atoms with van der Waals surface area (Å²) in [6.07, 6.45) is -3.19. The number of aliphatic hydroxyl groups excluding tert-OH is 1. The second-order valence-electron chi connectivity index (χ2n) is 8.07. The number of aliphatic hydroxyl groups is 1. The van der Waals surface area contributed by atoms with Gasteiger partial charge in [0.15, 0.2) is 6.10 Å². The van der Waals surface area contributed by atoms with Crippen molar-refractivity contribution in [3.63, 3.8) is 0 Å². The Kier molecular flexibility index (Phi) is 6.68. The lowest BCUT2D eigenvalue weighted by atomic mass is 9.95. The molecule has 1 saturated carbocycles. The SMILES string of the molecule is OC1CCCCC1O/N=C/c1sc2c(N[C@@H]3CNC[C@@H]3F)cccc2c1CC(F)(F)F. The first-order valence-corrected chi connectivity index (χ1v) is 11.2. The van der Waals surface area contributed by atoms with E-state index >= 15 is 0 Å². The molecule has 0 bridgehead atoms. The molecule has 3 N–H and O–H groups in total. The van der Waals surface area contributed by atoms with E-state index in [9.17, 15) is 22.7 Å². The lowest BCUT2D eigenvalue weighted by molar-refractivity contribution is -0.126. The molecule has 2 unspecified atom stereocenters. The molecule has 4 rings (SSSR count). The van der Waals surface area contributed by atoms with Crippen molar-refractivity contribution < 1.29 is 27.5 Å². The minimum Gasteiger partial charge on any atom is -0.390 e. The van der Waals surface area contributed by atoms with Crippen LogP contribution in [0.1, 0.15) is 36.1 Å². The van der Waals surface area contributed by atoms with E-state index in [0.717, 1.165) is 12.8 Å². The number of thiophene rings is 1. The Hall–Kier alpha value is -1.91. The van der Waals surface area contributed by atoms with Crippen molar-refractivity contribution in [2.24, 2.45) is 5.16 Å². The Morgan fingerprint density at radius 1 is 1.26 bits per heavy atom. The van der Waals surface area contributed by atoms with Gasteiger partial charge < -0.3 is 20.6 Å². The Bertz CT molecular complexity index is 933. The molecule has 10 heteroatoms. The molecular formula is C21H25F4N3O2S. The highest BCUT2D eigenvalue weighted by Gasteiger charge is 2.32. The molecule has 0 spiro atoms. The maximum atomic E-state index is 14.0. The summed E-state index contributed by atoms with van der Waals surface area (Å²) < 4.78 is 54.5. The molecule has 170 valence electrons. The van der Waals surface area contributed by atoms with Gasteiger partial charge in [-0.2, -0.15) is 13.2 Å². The van der Waals surface area contributed by atoms with Crippen LogP contribution in [0.4, 0.5) is 23.2 Å². The zero-order valence-electron chi connectivity index (χ0n) is 16.8. The van der Waals surface area contributed by atoms with Crippen LogP contribution < -0.4 is 10.6 Å². The van der Waals surface area contributed by atoms with Gasteiger partial charge in [0.1, 0.15) is 6.17 Å². The molecule has 0 amide bonds. The number of alkyl halides is 4. The van der Waals surface area contributed by atoms with Gasteiger partial charge in [0.2, 0.25) is 0 Å². The van der Waals surface area contributed by atoms with E-state index in [1.807, 2.05) is 0 Å². The van der Waals surface area contributed by atoms with Crippen LogP contribution in [0, 0.1) is 0 Å². The van der Waals surface area contributed by atoms with E-state index in [0.29, 0.717) is 40.0 Å². The highest BCUT2D eigenvalue weighted by atomic mass is 32.1. The van der Waals surface area contributed by atoms with Gasteiger partial charge in [-0.25, -0.2) is 4.39 Å². The van der Waals surface area contributed by atoms with Crippen molar-refractivity contribution in [1.29, 1.82) is 0 Å². The third-order valence-electron chi connectivity index (χ3n) is 5.74. The summed E-state index contributed by atoms with van der Waals surface area (Å²) in [6, 6.07) is 4.62. The lowest BCUT2D eigenvalue weighted by Crippen LogP contribution is -2.30. The van der Waals surface area contributed by atoms with Gasteiger partial charge >= 0.3 is 6.18 Å². The van der Waals surface area contributed by atoms with E-state index in [-0.39, 0.29) is 12.1 Å². The molecule has 1 saturated heterocycles. The van der Waals surface area contributed by atoms with Crippen molar-refractivity contribution in [3.05, 3.63) is 28.6 Å². The molecule has 1 aliphatic carbocycles. The van der Waals surface area contributed by atoms with Crippen LogP contribution in [-0.2, 0) is 11.3 Å². The highest BCUT2D eigenvalue weighted by molar-refractivity contribution is 7.21. The first-order valence-electron chi connectivity index (χ1n) is 10.4. The molecular weight excluding hydrogens is 434 g/mol. The average Bonchev–Trinajstić information content (AvgIpc) is 3.27. The largest absolute Gasteiger partial charge is 0.393 e. The van der Waals surface area contributed by atoms with E-state index in [1.165, 1.54) is 17.6 Å². The van der Waals surface area contributed by atoms with Crippen LogP contribution in [0.2, 0.25) is 0 Å². The van der Waals surface area contributed by atoms with Crippen LogP contribution in [0.25, 0.3) is 10.1 Å². The third-order valence-corrected chi connectivity index (χ3v) is 6.96. The predicted octanol–water partition coefficient (Wildman–Crippen LogP) is 4.38. The first kappa shape index (κ1) is 22.3. The van der Waals surface area contributed by atoms with Gasteiger partial charge in [-0.15, -0.1) is 11.3 Å². The van der Waals surface area contributed by atoms with Crippen molar-refractivity contribution in [3.8, 4) is 0 Å². The lowest BCUT2D eigenvalue weighted by Gasteiger charge is -2.25. The number of hydrogen-bond donors (Lipinski definition) is 3. The van der Waals surface area contributed by atoms with Crippen LogP contribution in [0.5, 0.6) is 0 Å². The van der Waals surface area contributed by atoms with Crippen molar-refractivity contribution >= 4 is 33.3 Å². The molecule has 2 heterocycles. The Labute approximate surface area is 181 Å². The molecule has 2 aliphatic rings. The van der Waals surface area contributed by atoms with Crippen molar-refractivity contribution in [2.45, 2.75) is 62.7 Å². The summed E-state index contributed by atoms with van der Waals surface area (Å²) in [7, 11) is 0. The molecule has 1 aromatic heterocycles. The first-order chi connectivity index (χ1) is 14.8. The maximum absolute atomic E-state index is 14.0. The highest BCUT2D eigenvalue weighted by Crippen LogP contribution is 2.39. The van der Waals surface area contributed by atoms with Crippen LogP contribution in [0.3, 0.4) is 0 Å². The summed E-state index contributed by atoms with van der Waals surface area (Å²) in [5.74, 6) is 0. The maximum Gasteiger partial charge on any atom is 0.393 e. The van der Waals surface area contributed by atoms with Gasteiger partial charge in [0.25, 0.3) is 0 Å². The topological polar surface area (TPSA) is 65.9 Å². The zero-order chi connectivity index (χ0) is 22.0. The number of anilines is 1. The van der Waals surface area contributed by atoms with E-state index in [2.05, 4.69) is 15.8 Å². The van der Waals surface area contributed by atoms with Crippen LogP contribution in [0.15, 0.2) is 23.4 Å². The molecule has 31 heavy (non-hydrogen) atoms. The molecule has 4 atom stereocenters. The summed E-state index contributed by atoms with van der Waals surface area (Å²) in [5.41, 5.74) is 0.722. The summed E-state index contributed by atoms with van der Waals surface area (Å²) in [6.45, 7) is 0.698. The van der Waals surface area contributed by atoms with Gasteiger partial charge in [0, 0.05) is 13.1 Å². The number of benzene rings is 1. The fourth-order valence-electron chi connectivity index (χ4n) is 4.13. The minimum absolute atomic E-state index is 0.119. The monoisotopic (exact) mass is 459 g/mol. The van der Waals surface area contributed by atoms with Gasteiger partial charge in [0.05, 0.1) is 40.0 Å². The number of hydrogen-bond acceptors (Lipinski definition) is 6.